The number of amides is 2. The van der Waals surface area contributed by atoms with Crippen molar-refractivity contribution in [3.05, 3.63) is 70.4 Å². The Morgan fingerprint density at radius 2 is 1.92 bits per heavy atom. The normalized spacial score (nSPS) is 11.5. The van der Waals surface area contributed by atoms with E-state index in [4.69, 9.17) is 11.6 Å². The Morgan fingerprint density at radius 1 is 1.17 bits per heavy atom. The van der Waals surface area contributed by atoms with Crippen LogP contribution >= 0.6 is 11.6 Å². The van der Waals surface area contributed by atoms with Gasteiger partial charge in [-0.15, -0.1) is 0 Å². The molecule has 0 fully saturated rings. The van der Waals surface area contributed by atoms with E-state index in [2.05, 4.69) is 10.6 Å². The van der Waals surface area contributed by atoms with Crippen LogP contribution in [0.2, 0.25) is 5.02 Å². The number of carbonyl (C=O) groups excluding carboxylic acids is 1. The number of hydrogen-bond acceptors (Lipinski definition) is 1. The van der Waals surface area contributed by atoms with E-state index in [-0.39, 0.29) is 5.69 Å². The van der Waals surface area contributed by atoms with E-state index in [9.17, 15) is 18.0 Å². The Morgan fingerprint density at radius 3 is 2.58 bits per heavy atom. The molecule has 2 aromatic carbocycles. The van der Waals surface area contributed by atoms with Crippen molar-refractivity contribution in [3.8, 4) is 0 Å². The maximum Gasteiger partial charge on any atom is 0.417 e. The first kappa shape index (κ1) is 17.9. The van der Waals surface area contributed by atoms with Gasteiger partial charge in [0.1, 0.15) is 0 Å². The first-order chi connectivity index (χ1) is 11.3. The SMILES string of the molecule is Cc1cccc(/C=C/NC(=O)Nc2ccc(Cl)c(C(F)(F)F)c2)c1. The maximum absolute atomic E-state index is 12.8. The van der Waals surface area contributed by atoms with Gasteiger partial charge < -0.3 is 10.6 Å². The fourth-order valence-electron chi connectivity index (χ4n) is 1.97. The molecule has 0 saturated heterocycles. The first-order valence-electron chi connectivity index (χ1n) is 6.93. The molecule has 0 aromatic heterocycles. The van der Waals surface area contributed by atoms with Gasteiger partial charge in [0.05, 0.1) is 10.6 Å². The van der Waals surface area contributed by atoms with E-state index in [1.165, 1.54) is 12.3 Å². The van der Waals surface area contributed by atoms with Crippen LogP contribution in [0.15, 0.2) is 48.7 Å². The summed E-state index contributed by atoms with van der Waals surface area (Å²) in [6.45, 7) is 1.94. The largest absolute Gasteiger partial charge is 0.417 e. The molecular formula is C17H14ClF3N2O. The Bertz CT molecular complexity index is 773. The van der Waals surface area contributed by atoms with E-state index in [0.29, 0.717) is 0 Å². The number of aryl methyl sites for hydroxylation is 1. The van der Waals surface area contributed by atoms with E-state index < -0.39 is 22.8 Å². The lowest BCUT2D eigenvalue weighted by Gasteiger charge is -2.11. The van der Waals surface area contributed by atoms with Crippen LogP contribution in [0.5, 0.6) is 0 Å². The monoisotopic (exact) mass is 354 g/mol. The maximum atomic E-state index is 12.8. The molecule has 2 N–H and O–H groups in total. The molecule has 0 radical (unpaired) electrons. The summed E-state index contributed by atoms with van der Waals surface area (Å²) in [6, 6.07) is 10.1. The van der Waals surface area contributed by atoms with Crippen LogP contribution in [0, 0.1) is 6.92 Å². The molecule has 0 aliphatic heterocycles. The Balaban J connectivity index is 2.00. The van der Waals surface area contributed by atoms with Gasteiger partial charge in [0.25, 0.3) is 0 Å². The van der Waals surface area contributed by atoms with E-state index in [0.717, 1.165) is 23.3 Å². The molecule has 126 valence electrons. The molecule has 0 saturated carbocycles. The third-order valence-electron chi connectivity index (χ3n) is 3.06. The predicted octanol–water partition coefficient (Wildman–Crippen LogP) is 5.46. The average molecular weight is 355 g/mol. The summed E-state index contributed by atoms with van der Waals surface area (Å²) in [5.74, 6) is 0. The highest BCUT2D eigenvalue weighted by atomic mass is 35.5. The number of nitrogens with one attached hydrogen (secondary N) is 2. The van der Waals surface area contributed by atoms with Gasteiger partial charge in [-0.1, -0.05) is 41.4 Å². The summed E-state index contributed by atoms with van der Waals surface area (Å²) in [6.07, 6.45) is -1.50. The van der Waals surface area contributed by atoms with Gasteiger partial charge in [-0.05, 0) is 36.8 Å². The van der Waals surface area contributed by atoms with Crippen LogP contribution in [-0.2, 0) is 6.18 Å². The van der Waals surface area contributed by atoms with Gasteiger partial charge in [-0.3, -0.25) is 0 Å². The van der Waals surface area contributed by atoms with Crippen LogP contribution in [-0.4, -0.2) is 6.03 Å². The summed E-state index contributed by atoms with van der Waals surface area (Å²) in [5.41, 5.74) is 0.953. The van der Waals surface area contributed by atoms with Crippen LogP contribution in [0.1, 0.15) is 16.7 Å². The zero-order valence-electron chi connectivity index (χ0n) is 12.6. The van der Waals surface area contributed by atoms with Crippen molar-refractivity contribution in [1.82, 2.24) is 5.32 Å². The average Bonchev–Trinajstić information content (AvgIpc) is 2.48. The van der Waals surface area contributed by atoms with Crippen molar-refractivity contribution < 1.29 is 18.0 Å². The molecule has 3 nitrogen and oxygen atoms in total. The number of halogens is 4. The van der Waals surface area contributed by atoms with Crippen LogP contribution in [0.4, 0.5) is 23.7 Å². The molecule has 0 aliphatic carbocycles. The molecule has 0 unspecified atom stereocenters. The Kier molecular flexibility index (Phi) is 5.51. The van der Waals surface area contributed by atoms with Gasteiger partial charge in [-0.2, -0.15) is 13.2 Å². The van der Waals surface area contributed by atoms with Crippen LogP contribution in [0.25, 0.3) is 6.08 Å². The molecule has 0 spiro atoms. The van der Waals surface area contributed by atoms with Crippen molar-refractivity contribution >= 4 is 29.4 Å². The second-order valence-corrected chi connectivity index (χ2v) is 5.45. The summed E-state index contributed by atoms with van der Waals surface area (Å²) >= 11 is 5.52. The molecule has 0 bridgehead atoms. The van der Waals surface area contributed by atoms with Crippen molar-refractivity contribution in [1.29, 1.82) is 0 Å². The molecular weight excluding hydrogens is 341 g/mol. The minimum Gasteiger partial charge on any atom is -0.314 e. The molecule has 2 amide bonds. The topological polar surface area (TPSA) is 41.1 Å². The summed E-state index contributed by atoms with van der Waals surface area (Å²) in [7, 11) is 0. The van der Waals surface area contributed by atoms with Gasteiger partial charge in [-0.25, -0.2) is 4.79 Å². The van der Waals surface area contributed by atoms with Gasteiger partial charge in [0.15, 0.2) is 0 Å². The summed E-state index contributed by atoms with van der Waals surface area (Å²) in [4.78, 5) is 11.7. The second-order valence-electron chi connectivity index (χ2n) is 5.04. The fraction of sp³-hybridized carbons (Fsp3) is 0.118. The highest BCUT2D eigenvalue weighted by Crippen LogP contribution is 2.36. The highest BCUT2D eigenvalue weighted by molar-refractivity contribution is 6.31. The minimum atomic E-state index is -4.59. The lowest BCUT2D eigenvalue weighted by molar-refractivity contribution is -0.137. The van der Waals surface area contributed by atoms with Gasteiger partial charge >= 0.3 is 12.2 Å². The molecule has 2 aromatic rings. The van der Waals surface area contributed by atoms with Gasteiger partial charge in [0.2, 0.25) is 0 Å². The van der Waals surface area contributed by atoms with Crippen molar-refractivity contribution in [2.75, 3.05) is 5.32 Å². The number of benzene rings is 2. The first-order valence-corrected chi connectivity index (χ1v) is 7.31. The van der Waals surface area contributed by atoms with Crippen LogP contribution in [0.3, 0.4) is 0 Å². The van der Waals surface area contributed by atoms with E-state index >= 15 is 0 Å². The van der Waals surface area contributed by atoms with Crippen molar-refractivity contribution in [2.45, 2.75) is 13.1 Å². The lowest BCUT2D eigenvalue weighted by Crippen LogP contribution is -2.24. The molecule has 7 heteroatoms. The third kappa shape index (κ3) is 5.03. The smallest absolute Gasteiger partial charge is 0.314 e. The molecule has 0 aliphatic rings. The number of urea groups is 1. The number of anilines is 1. The Hall–Kier alpha value is -2.47. The fourth-order valence-corrected chi connectivity index (χ4v) is 2.20. The molecule has 0 atom stereocenters. The highest BCUT2D eigenvalue weighted by Gasteiger charge is 2.33. The second kappa shape index (κ2) is 7.40. The lowest BCUT2D eigenvalue weighted by atomic mass is 10.1. The summed E-state index contributed by atoms with van der Waals surface area (Å²) < 4.78 is 38.3. The van der Waals surface area contributed by atoms with E-state index in [1.54, 1.807) is 6.08 Å². The van der Waals surface area contributed by atoms with Crippen molar-refractivity contribution in [3.63, 3.8) is 0 Å². The van der Waals surface area contributed by atoms with Crippen molar-refractivity contribution in [2.24, 2.45) is 0 Å². The standard InChI is InChI=1S/C17H14ClF3N2O/c1-11-3-2-4-12(9-11)7-8-22-16(24)23-13-5-6-15(18)14(10-13)17(19,20)21/h2-10H,1H3,(H2,22,23,24)/b8-7+. The number of hydrogen-bond donors (Lipinski definition) is 2. The predicted molar refractivity (Wildman–Crippen MR) is 88.8 cm³/mol. The Labute approximate surface area is 142 Å². The zero-order valence-corrected chi connectivity index (χ0v) is 13.4. The number of rotatable bonds is 3. The number of carbonyl (C=O) groups is 1. The van der Waals surface area contributed by atoms with E-state index in [1.807, 2.05) is 31.2 Å². The number of alkyl halides is 3. The third-order valence-corrected chi connectivity index (χ3v) is 3.39. The zero-order chi connectivity index (χ0) is 17.7. The molecule has 24 heavy (non-hydrogen) atoms. The minimum absolute atomic E-state index is 0.00631. The summed E-state index contributed by atoms with van der Waals surface area (Å²) in [5, 5.41) is 4.32. The molecule has 0 heterocycles. The quantitative estimate of drug-likeness (QED) is 0.755. The van der Waals surface area contributed by atoms with Gasteiger partial charge in [0, 0.05) is 11.9 Å². The van der Waals surface area contributed by atoms with Crippen LogP contribution < -0.4 is 10.6 Å². The molecule has 2 rings (SSSR count).